The van der Waals surface area contributed by atoms with Crippen LogP contribution in [-0.4, -0.2) is 59.0 Å². The van der Waals surface area contributed by atoms with Crippen LogP contribution in [-0.2, 0) is 11.2 Å². The molecule has 0 atom stereocenters. The molecule has 0 bridgehead atoms. The number of hydrogen-bond acceptors (Lipinski definition) is 6. The Morgan fingerprint density at radius 1 is 1.34 bits per heavy atom. The van der Waals surface area contributed by atoms with Crippen LogP contribution in [0.25, 0.3) is 0 Å². The Bertz CT molecular complexity index is 896. The lowest BCUT2D eigenvalue weighted by atomic mass is 9.72. The number of aromatic amines is 1. The van der Waals surface area contributed by atoms with Crippen molar-refractivity contribution in [2.45, 2.75) is 32.1 Å². The molecule has 152 valence electrons. The molecule has 29 heavy (non-hydrogen) atoms. The molecule has 2 aromatic rings. The van der Waals surface area contributed by atoms with E-state index in [0.29, 0.717) is 17.9 Å². The number of amides is 1. The van der Waals surface area contributed by atoms with Crippen molar-refractivity contribution in [1.82, 2.24) is 19.9 Å². The largest absolute Gasteiger partial charge is 0.480 e. The number of nitriles is 1. The van der Waals surface area contributed by atoms with Crippen molar-refractivity contribution >= 4 is 11.6 Å². The number of hydrogen-bond donors (Lipinski definition) is 1. The Balaban J connectivity index is 1.42. The number of piperidine rings is 2. The highest BCUT2D eigenvalue weighted by Gasteiger charge is 2.41. The maximum absolute atomic E-state index is 12.5. The van der Waals surface area contributed by atoms with E-state index in [1.165, 1.54) is 7.11 Å². The molecule has 1 amide bonds. The summed E-state index contributed by atoms with van der Waals surface area (Å²) >= 11 is 0. The number of carbonyl (C=O) groups excluding carboxylic acids is 1. The third-order valence-corrected chi connectivity index (χ3v) is 6.32. The van der Waals surface area contributed by atoms with Gasteiger partial charge in [-0.2, -0.15) is 5.26 Å². The lowest BCUT2D eigenvalue weighted by Crippen LogP contribution is -2.52. The Labute approximate surface area is 170 Å². The summed E-state index contributed by atoms with van der Waals surface area (Å²) in [6.45, 7) is 3.28. The standard InChI is InChI=1S/C21H26N6O2/c1-29-20-17(12-22)18(3-8-24-20)26-10-6-21(7-11-26)5-2-19(28)27(14-21)9-4-16-13-23-15-25-16/h3,8,13,15H,2,4-7,9-11,14H2,1H3,(H,23,25). The van der Waals surface area contributed by atoms with E-state index >= 15 is 0 Å². The number of H-pyrrole nitrogens is 1. The van der Waals surface area contributed by atoms with E-state index < -0.39 is 0 Å². The molecule has 0 aromatic carbocycles. The highest BCUT2D eigenvalue weighted by atomic mass is 16.5. The Hall–Kier alpha value is -3.08. The molecule has 2 aromatic heterocycles. The minimum atomic E-state index is 0.169. The van der Waals surface area contributed by atoms with Crippen LogP contribution < -0.4 is 9.64 Å². The van der Waals surface area contributed by atoms with Crippen LogP contribution in [0.2, 0.25) is 0 Å². The zero-order valence-electron chi connectivity index (χ0n) is 16.7. The van der Waals surface area contributed by atoms with Crippen LogP contribution in [0.3, 0.4) is 0 Å². The summed E-state index contributed by atoms with van der Waals surface area (Å²) in [5, 5.41) is 9.56. The van der Waals surface area contributed by atoms with Crippen molar-refractivity contribution in [2.75, 3.05) is 38.2 Å². The molecule has 0 unspecified atom stereocenters. The Morgan fingerprint density at radius 3 is 2.86 bits per heavy atom. The predicted octanol–water partition coefficient (Wildman–Crippen LogP) is 2.14. The number of pyridine rings is 1. The minimum Gasteiger partial charge on any atom is -0.480 e. The zero-order valence-corrected chi connectivity index (χ0v) is 16.7. The van der Waals surface area contributed by atoms with Gasteiger partial charge in [-0.3, -0.25) is 4.79 Å². The summed E-state index contributed by atoms with van der Waals surface area (Å²) < 4.78 is 5.25. The van der Waals surface area contributed by atoms with E-state index in [1.807, 2.05) is 17.2 Å². The van der Waals surface area contributed by atoms with Crippen LogP contribution in [0.5, 0.6) is 5.88 Å². The van der Waals surface area contributed by atoms with Gasteiger partial charge in [-0.25, -0.2) is 9.97 Å². The van der Waals surface area contributed by atoms with Gasteiger partial charge in [-0.15, -0.1) is 0 Å². The first-order chi connectivity index (χ1) is 14.1. The molecule has 0 aliphatic carbocycles. The fourth-order valence-electron chi connectivity index (χ4n) is 4.57. The monoisotopic (exact) mass is 394 g/mol. The number of likely N-dealkylation sites (tertiary alicyclic amines) is 1. The fourth-order valence-corrected chi connectivity index (χ4v) is 4.57. The maximum atomic E-state index is 12.5. The number of carbonyl (C=O) groups is 1. The summed E-state index contributed by atoms with van der Waals surface area (Å²) in [5.41, 5.74) is 2.61. The molecule has 2 fully saturated rings. The van der Waals surface area contributed by atoms with Gasteiger partial charge in [0.2, 0.25) is 11.8 Å². The lowest BCUT2D eigenvalue weighted by Gasteiger charge is -2.48. The van der Waals surface area contributed by atoms with Gasteiger partial charge in [0, 0.05) is 57.1 Å². The van der Waals surface area contributed by atoms with Gasteiger partial charge in [0.05, 0.1) is 19.1 Å². The van der Waals surface area contributed by atoms with E-state index in [1.54, 1.807) is 12.5 Å². The van der Waals surface area contributed by atoms with Gasteiger partial charge >= 0.3 is 0 Å². The van der Waals surface area contributed by atoms with Crippen molar-refractivity contribution in [3.63, 3.8) is 0 Å². The zero-order chi connectivity index (χ0) is 20.3. The van der Waals surface area contributed by atoms with Gasteiger partial charge in [0.1, 0.15) is 11.6 Å². The van der Waals surface area contributed by atoms with E-state index in [0.717, 1.165) is 63.2 Å². The highest BCUT2D eigenvalue weighted by Crippen LogP contribution is 2.42. The van der Waals surface area contributed by atoms with Gasteiger partial charge in [-0.05, 0) is 30.7 Å². The summed E-state index contributed by atoms with van der Waals surface area (Å²) in [6, 6.07) is 4.13. The first-order valence-corrected chi connectivity index (χ1v) is 10.1. The highest BCUT2D eigenvalue weighted by molar-refractivity contribution is 5.77. The molecular weight excluding hydrogens is 368 g/mol. The van der Waals surface area contributed by atoms with Crippen LogP contribution in [0.4, 0.5) is 5.69 Å². The van der Waals surface area contributed by atoms with Gasteiger partial charge in [-0.1, -0.05) is 0 Å². The van der Waals surface area contributed by atoms with E-state index in [-0.39, 0.29) is 11.3 Å². The number of methoxy groups -OCH3 is 1. The second-order valence-corrected chi connectivity index (χ2v) is 7.96. The number of ether oxygens (including phenoxy) is 1. The number of rotatable bonds is 5. The average Bonchev–Trinajstić information content (AvgIpc) is 3.28. The lowest BCUT2D eigenvalue weighted by molar-refractivity contribution is -0.138. The number of aromatic nitrogens is 3. The summed E-state index contributed by atoms with van der Waals surface area (Å²) in [6.07, 6.45) is 9.58. The van der Waals surface area contributed by atoms with Crippen LogP contribution >= 0.6 is 0 Å². The topological polar surface area (TPSA) is 98.1 Å². The fraction of sp³-hybridized carbons (Fsp3) is 0.524. The minimum absolute atomic E-state index is 0.169. The van der Waals surface area contributed by atoms with E-state index in [2.05, 4.69) is 25.9 Å². The molecule has 1 spiro atoms. The second kappa shape index (κ2) is 8.11. The molecule has 4 rings (SSSR count). The van der Waals surface area contributed by atoms with E-state index in [9.17, 15) is 10.1 Å². The molecule has 2 aliphatic rings. The molecule has 2 aliphatic heterocycles. The maximum Gasteiger partial charge on any atom is 0.233 e. The molecule has 0 radical (unpaired) electrons. The Kier molecular flexibility index (Phi) is 5.38. The molecule has 4 heterocycles. The summed E-state index contributed by atoms with van der Waals surface area (Å²) in [7, 11) is 1.54. The van der Waals surface area contributed by atoms with Crippen LogP contribution in [0.1, 0.15) is 36.9 Å². The van der Waals surface area contributed by atoms with Crippen molar-refractivity contribution in [3.8, 4) is 11.9 Å². The SMILES string of the molecule is COc1nccc(N2CCC3(CCC(=O)N(CCc4cnc[nH]4)C3)CC2)c1C#N. The summed E-state index contributed by atoms with van der Waals surface area (Å²) in [5.74, 6) is 0.627. The molecule has 8 nitrogen and oxygen atoms in total. The first-order valence-electron chi connectivity index (χ1n) is 10.1. The second-order valence-electron chi connectivity index (χ2n) is 7.96. The molecule has 8 heteroatoms. The van der Waals surface area contributed by atoms with Crippen molar-refractivity contribution in [2.24, 2.45) is 5.41 Å². The molecule has 1 N–H and O–H groups in total. The molecule has 2 saturated heterocycles. The van der Waals surface area contributed by atoms with Gasteiger partial charge in [0.25, 0.3) is 0 Å². The number of nitrogens with one attached hydrogen (secondary N) is 1. The van der Waals surface area contributed by atoms with Gasteiger partial charge < -0.3 is 19.5 Å². The molecular formula is C21H26N6O2. The average molecular weight is 394 g/mol. The number of imidazole rings is 1. The Morgan fingerprint density at radius 2 is 2.17 bits per heavy atom. The third kappa shape index (κ3) is 3.90. The van der Waals surface area contributed by atoms with Crippen molar-refractivity contribution < 1.29 is 9.53 Å². The number of anilines is 1. The van der Waals surface area contributed by atoms with Gasteiger partial charge in [0.15, 0.2) is 0 Å². The predicted molar refractivity (Wildman–Crippen MR) is 107 cm³/mol. The van der Waals surface area contributed by atoms with Crippen LogP contribution in [0, 0.1) is 16.7 Å². The van der Waals surface area contributed by atoms with Crippen LogP contribution in [0.15, 0.2) is 24.8 Å². The quantitative estimate of drug-likeness (QED) is 0.834. The van der Waals surface area contributed by atoms with E-state index in [4.69, 9.17) is 4.74 Å². The number of nitrogens with zero attached hydrogens (tertiary/aromatic N) is 5. The smallest absolute Gasteiger partial charge is 0.233 e. The first kappa shape index (κ1) is 19.2. The van der Waals surface area contributed by atoms with Crippen molar-refractivity contribution in [3.05, 3.63) is 36.0 Å². The normalized spacial score (nSPS) is 18.7. The van der Waals surface area contributed by atoms with Crippen molar-refractivity contribution in [1.29, 1.82) is 5.26 Å². The third-order valence-electron chi connectivity index (χ3n) is 6.32. The summed E-state index contributed by atoms with van der Waals surface area (Å²) in [4.78, 5) is 28.0. The molecule has 0 saturated carbocycles.